The normalized spacial score (nSPS) is 12.6. The van der Waals surface area contributed by atoms with E-state index in [-0.39, 0.29) is 10.6 Å². The lowest BCUT2D eigenvalue weighted by Gasteiger charge is -2.00. The molecular weight excluding hydrogens is 284 g/mol. The Bertz CT molecular complexity index is 525. The van der Waals surface area contributed by atoms with Crippen molar-refractivity contribution in [2.45, 2.75) is 25.1 Å². The zero-order valence-corrected chi connectivity index (χ0v) is 11.2. The van der Waals surface area contributed by atoms with E-state index in [0.29, 0.717) is 11.8 Å². The minimum absolute atomic E-state index is 0.0720. The molecule has 0 fully saturated rings. The first kappa shape index (κ1) is 12.1. The molecule has 90 valence electrons. The first-order valence-corrected chi connectivity index (χ1v) is 6.31. The van der Waals surface area contributed by atoms with Crippen LogP contribution >= 0.6 is 15.9 Å². The standard InChI is InChI=1S/C12H13BrN2O2/c1-3-9(13)12-15-14-11(17-12)8-5-4-7(2)10(16)6-8/h4-6,9,16H,3H2,1-2H3. The lowest BCUT2D eigenvalue weighted by atomic mass is 10.1. The van der Waals surface area contributed by atoms with E-state index in [1.165, 1.54) is 0 Å². The molecule has 1 atom stereocenters. The van der Waals surface area contributed by atoms with Gasteiger partial charge in [0.2, 0.25) is 11.8 Å². The summed E-state index contributed by atoms with van der Waals surface area (Å²) in [5, 5.41) is 17.6. The molecule has 2 rings (SSSR count). The fourth-order valence-corrected chi connectivity index (χ4v) is 1.58. The van der Waals surface area contributed by atoms with Crippen LogP contribution in [0, 0.1) is 6.92 Å². The van der Waals surface area contributed by atoms with Crippen LogP contribution in [-0.4, -0.2) is 15.3 Å². The maximum atomic E-state index is 9.62. The number of phenols is 1. The van der Waals surface area contributed by atoms with Gasteiger partial charge in [0, 0.05) is 5.56 Å². The molecule has 2 aromatic rings. The maximum absolute atomic E-state index is 9.62. The number of aryl methyl sites for hydroxylation is 1. The Labute approximate surface area is 108 Å². The Morgan fingerprint density at radius 3 is 2.82 bits per heavy atom. The van der Waals surface area contributed by atoms with Gasteiger partial charge in [0.15, 0.2) is 0 Å². The molecule has 5 heteroatoms. The molecule has 0 saturated carbocycles. The number of hydrogen-bond donors (Lipinski definition) is 1. The number of rotatable bonds is 3. The molecule has 0 aliphatic carbocycles. The highest BCUT2D eigenvalue weighted by atomic mass is 79.9. The summed E-state index contributed by atoms with van der Waals surface area (Å²) >= 11 is 3.45. The van der Waals surface area contributed by atoms with Gasteiger partial charge >= 0.3 is 0 Å². The van der Waals surface area contributed by atoms with Gasteiger partial charge in [0.05, 0.1) is 4.83 Å². The molecule has 0 saturated heterocycles. The van der Waals surface area contributed by atoms with E-state index in [1.54, 1.807) is 6.07 Å². The van der Waals surface area contributed by atoms with Gasteiger partial charge in [-0.3, -0.25) is 0 Å². The number of hydrogen-bond acceptors (Lipinski definition) is 4. The van der Waals surface area contributed by atoms with Crippen LogP contribution in [0.4, 0.5) is 0 Å². The molecule has 1 heterocycles. The molecule has 0 aliphatic rings. The molecule has 0 aliphatic heterocycles. The van der Waals surface area contributed by atoms with Gasteiger partial charge in [-0.15, -0.1) is 10.2 Å². The third-order valence-electron chi connectivity index (χ3n) is 2.52. The fraction of sp³-hybridized carbons (Fsp3) is 0.333. The van der Waals surface area contributed by atoms with Crippen LogP contribution in [0.3, 0.4) is 0 Å². The third-order valence-corrected chi connectivity index (χ3v) is 3.56. The molecule has 0 spiro atoms. The number of halogens is 1. The SMILES string of the molecule is CCC(Br)c1nnc(-c2ccc(C)c(O)c2)o1. The zero-order valence-electron chi connectivity index (χ0n) is 9.64. The Morgan fingerprint density at radius 2 is 2.18 bits per heavy atom. The van der Waals surface area contributed by atoms with Gasteiger partial charge in [0.25, 0.3) is 0 Å². The Kier molecular flexibility index (Phi) is 3.47. The highest BCUT2D eigenvalue weighted by Crippen LogP contribution is 2.29. The smallest absolute Gasteiger partial charge is 0.247 e. The van der Waals surface area contributed by atoms with E-state index in [0.717, 1.165) is 17.5 Å². The highest BCUT2D eigenvalue weighted by Gasteiger charge is 2.15. The van der Waals surface area contributed by atoms with E-state index in [4.69, 9.17) is 4.42 Å². The Balaban J connectivity index is 2.33. The van der Waals surface area contributed by atoms with E-state index >= 15 is 0 Å². The summed E-state index contributed by atoms with van der Waals surface area (Å²) in [6.45, 7) is 3.87. The summed E-state index contributed by atoms with van der Waals surface area (Å²) in [5.41, 5.74) is 1.54. The van der Waals surface area contributed by atoms with Crippen molar-refractivity contribution < 1.29 is 9.52 Å². The monoisotopic (exact) mass is 296 g/mol. The number of benzene rings is 1. The number of nitrogens with zero attached hydrogens (tertiary/aromatic N) is 2. The van der Waals surface area contributed by atoms with Crippen LogP contribution in [-0.2, 0) is 0 Å². The molecule has 17 heavy (non-hydrogen) atoms. The predicted molar refractivity (Wildman–Crippen MR) is 68.1 cm³/mol. The van der Waals surface area contributed by atoms with Crippen LogP contribution in [0.2, 0.25) is 0 Å². The molecule has 4 nitrogen and oxygen atoms in total. The second-order valence-electron chi connectivity index (χ2n) is 3.82. The lowest BCUT2D eigenvalue weighted by molar-refractivity contribution is 0.470. The lowest BCUT2D eigenvalue weighted by Crippen LogP contribution is -1.86. The van der Waals surface area contributed by atoms with Gasteiger partial charge in [-0.2, -0.15) is 0 Å². The van der Waals surface area contributed by atoms with E-state index in [1.807, 2.05) is 26.0 Å². The largest absolute Gasteiger partial charge is 0.508 e. The molecular formula is C12H13BrN2O2. The number of phenolic OH excluding ortho intramolecular Hbond substituents is 1. The van der Waals surface area contributed by atoms with Gasteiger partial charge in [0.1, 0.15) is 5.75 Å². The van der Waals surface area contributed by atoms with Crippen molar-refractivity contribution in [3.8, 4) is 17.2 Å². The van der Waals surface area contributed by atoms with Crippen molar-refractivity contribution in [3.05, 3.63) is 29.7 Å². The van der Waals surface area contributed by atoms with Crippen molar-refractivity contribution in [1.29, 1.82) is 0 Å². The molecule has 1 aromatic carbocycles. The van der Waals surface area contributed by atoms with Crippen molar-refractivity contribution in [2.75, 3.05) is 0 Å². The van der Waals surface area contributed by atoms with Crippen LogP contribution < -0.4 is 0 Å². The van der Waals surface area contributed by atoms with Gasteiger partial charge < -0.3 is 9.52 Å². The minimum atomic E-state index is 0.0720. The van der Waals surface area contributed by atoms with Crippen molar-refractivity contribution in [2.24, 2.45) is 0 Å². The maximum Gasteiger partial charge on any atom is 0.247 e. The third kappa shape index (κ3) is 2.49. The minimum Gasteiger partial charge on any atom is -0.508 e. The predicted octanol–water partition coefficient (Wildman–Crippen LogP) is 3.60. The quantitative estimate of drug-likeness (QED) is 0.879. The van der Waals surface area contributed by atoms with E-state index in [2.05, 4.69) is 26.1 Å². The average Bonchev–Trinajstić information content (AvgIpc) is 2.81. The first-order chi connectivity index (χ1) is 8.11. The van der Waals surface area contributed by atoms with Crippen molar-refractivity contribution in [3.63, 3.8) is 0 Å². The zero-order chi connectivity index (χ0) is 12.4. The molecule has 1 aromatic heterocycles. The summed E-state index contributed by atoms with van der Waals surface area (Å²) in [6, 6.07) is 5.29. The second-order valence-corrected chi connectivity index (χ2v) is 4.93. The molecule has 1 N–H and O–H groups in total. The Hall–Kier alpha value is -1.36. The topological polar surface area (TPSA) is 59.2 Å². The summed E-state index contributed by atoms with van der Waals surface area (Å²) < 4.78 is 5.54. The summed E-state index contributed by atoms with van der Waals surface area (Å²) in [4.78, 5) is 0.0720. The van der Waals surface area contributed by atoms with Crippen LogP contribution in [0.1, 0.15) is 29.6 Å². The van der Waals surface area contributed by atoms with Gasteiger partial charge in [-0.05, 0) is 31.0 Å². The average molecular weight is 297 g/mol. The first-order valence-electron chi connectivity index (χ1n) is 5.39. The number of aromatic nitrogens is 2. The van der Waals surface area contributed by atoms with Crippen LogP contribution in [0.15, 0.2) is 22.6 Å². The van der Waals surface area contributed by atoms with E-state index in [9.17, 15) is 5.11 Å². The number of alkyl halides is 1. The van der Waals surface area contributed by atoms with Crippen LogP contribution in [0.5, 0.6) is 5.75 Å². The molecule has 0 amide bonds. The molecule has 0 radical (unpaired) electrons. The van der Waals surface area contributed by atoms with Gasteiger partial charge in [-0.1, -0.05) is 28.9 Å². The summed E-state index contributed by atoms with van der Waals surface area (Å²) in [6.07, 6.45) is 0.876. The number of aromatic hydroxyl groups is 1. The fourth-order valence-electron chi connectivity index (χ4n) is 1.39. The second kappa shape index (κ2) is 4.87. The highest BCUT2D eigenvalue weighted by molar-refractivity contribution is 9.09. The summed E-state index contributed by atoms with van der Waals surface area (Å²) in [5.74, 6) is 1.21. The van der Waals surface area contributed by atoms with Crippen LogP contribution in [0.25, 0.3) is 11.5 Å². The Morgan fingerprint density at radius 1 is 1.41 bits per heavy atom. The van der Waals surface area contributed by atoms with Crippen molar-refractivity contribution >= 4 is 15.9 Å². The molecule has 0 bridgehead atoms. The molecule has 1 unspecified atom stereocenters. The van der Waals surface area contributed by atoms with E-state index < -0.39 is 0 Å². The summed E-state index contributed by atoms with van der Waals surface area (Å²) in [7, 11) is 0. The van der Waals surface area contributed by atoms with Gasteiger partial charge in [-0.25, -0.2) is 0 Å². The van der Waals surface area contributed by atoms with Crippen molar-refractivity contribution in [1.82, 2.24) is 10.2 Å².